The summed E-state index contributed by atoms with van der Waals surface area (Å²) < 4.78 is 0. The molecule has 1 atom stereocenters. The quantitative estimate of drug-likeness (QED) is 0.740. The monoisotopic (exact) mass is 218 g/mol. The Morgan fingerprint density at radius 3 is 2.29 bits per heavy atom. The molecule has 0 heterocycles. The fraction of sp³-hybridized carbons (Fsp3) is 1.00. The molecule has 0 bridgehead atoms. The standard InChI is InChI=1S/C11H26N2S/c1-11(2,3)9-13(4)10(8-12)6-7-14-5/h10H,6-9,12H2,1-5H3. The summed E-state index contributed by atoms with van der Waals surface area (Å²) in [5.41, 5.74) is 6.15. The van der Waals surface area contributed by atoms with E-state index in [-0.39, 0.29) is 0 Å². The summed E-state index contributed by atoms with van der Waals surface area (Å²) in [6.45, 7) is 8.69. The third-order valence-corrected chi connectivity index (χ3v) is 2.92. The van der Waals surface area contributed by atoms with Crippen LogP contribution in [-0.2, 0) is 0 Å². The van der Waals surface area contributed by atoms with Crippen molar-refractivity contribution in [2.45, 2.75) is 33.2 Å². The van der Waals surface area contributed by atoms with Crippen LogP contribution in [0, 0.1) is 5.41 Å². The van der Waals surface area contributed by atoms with Crippen molar-refractivity contribution < 1.29 is 0 Å². The first-order valence-electron chi connectivity index (χ1n) is 5.30. The van der Waals surface area contributed by atoms with Gasteiger partial charge in [-0.25, -0.2) is 0 Å². The van der Waals surface area contributed by atoms with E-state index in [1.807, 2.05) is 11.8 Å². The van der Waals surface area contributed by atoms with Gasteiger partial charge in [-0.05, 0) is 30.9 Å². The van der Waals surface area contributed by atoms with Gasteiger partial charge in [-0.1, -0.05) is 20.8 Å². The first-order valence-corrected chi connectivity index (χ1v) is 6.69. The average Bonchev–Trinajstić information content (AvgIpc) is 2.02. The smallest absolute Gasteiger partial charge is 0.0223 e. The summed E-state index contributed by atoms with van der Waals surface area (Å²) in [6.07, 6.45) is 3.35. The first-order chi connectivity index (χ1) is 6.40. The number of hydrogen-bond acceptors (Lipinski definition) is 3. The van der Waals surface area contributed by atoms with Gasteiger partial charge in [-0.15, -0.1) is 0 Å². The van der Waals surface area contributed by atoms with Crippen molar-refractivity contribution in [3.8, 4) is 0 Å². The summed E-state index contributed by atoms with van der Waals surface area (Å²) in [7, 11) is 2.18. The number of nitrogens with two attached hydrogens (primary N) is 1. The predicted octanol–water partition coefficient (Wildman–Crippen LogP) is 2.04. The van der Waals surface area contributed by atoms with E-state index in [1.165, 1.54) is 12.2 Å². The van der Waals surface area contributed by atoms with Crippen molar-refractivity contribution in [3.63, 3.8) is 0 Å². The SMILES string of the molecule is CSCCC(CN)N(C)CC(C)(C)C. The van der Waals surface area contributed by atoms with Crippen molar-refractivity contribution in [1.82, 2.24) is 4.90 Å². The predicted molar refractivity (Wildman–Crippen MR) is 67.9 cm³/mol. The van der Waals surface area contributed by atoms with E-state index in [4.69, 9.17) is 5.73 Å². The molecule has 0 rings (SSSR count). The van der Waals surface area contributed by atoms with Crippen molar-refractivity contribution >= 4 is 11.8 Å². The van der Waals surface area contributed by atoms with Crippen LogP contribution in [0.5, 0.6) is 0 Å². The van der Waals surface area contributed by atoms with Gasteiger partial charge in [0, 0.05) is 19.1 Å². The van der Waals surface area contributed by atoms with E-state index in [1.54, 1.807) is 0 Å². The lowest BCUT2D eigenvalue weighted by Crippen LogP contribution is -2.42. The molecule has 0 amide bonds. The lowest BCUT2D eigenvalue weighted by molar-refractivity contribution is 0.172. The molecule has 0 spiro atoms. The van der Waals surface area contributed by atoms with Crippen LogP contribution in [0.2, 0.25) is 0 Å². The highest BCUT2D eigenvalue weighted by Crippen LogP contribution is 2.17. The maximum absolute atomic E-state index is 5.78. The molecular formula is C11H26N2S. The minimum atomic E-state index is 0.363. The Labute approximate surface area is 93.6 Å². The topological polar surface area (TPSA) is 29.3 Å². The van der Waals surface area contributed by atoms with E-state index < -0.39 is 0 Å². The zero-order chi connectivity index (χ0) is 11.2. The Bertz CT molecular complexity index is 143. The molecule has 0 aromatic rings. The van der Waals surface area contributed by atoms with E-state index >= 15 is 0 Å². The molecule has 86 valence electrons. The molecule has 2 nitrogen and oxygen atoms in total. The Kier molecular flexibility index (Phi) is 6.83. The third-order valence-electron chi connectivity index (χ3n) is 2.27. The van der Waals surface area contributed by atoms with E-state index in [0.29, 0.717) is 11.5 Å². The highest BCUT2D eigenvalue weighted by molar-refractivity contribution is 7.98. The normalized spacial score (nSPS) is 14.8. The van der Waals surface area contributed by atoms with Gasteiger partial charge in [0.05, 0.1) is 0 Å². The lowest BCUT2D eigenvalue weighted by Gasteiger charge is -2.32. The van der Waals surface area contributed by atoms with Crippen LogP contribution in [0.3, 0.4) is 0 Å². The molecule has 0 saturated heterocycles. The van der Waals surface area contributed by atoms with Crippen molar-refractivity contribution in [2.75, 3.05) is 32.1 Å². The van der Waals surface area contributed by atoms with Crippen LogP contribution in [0.15, 0.2) is 0 Å². The van der Waals surface area contributed by atoms with Crippen LogP contribution < -0.4 is 5.73 Å². The summed E-state index contributed by atoms with van der Waals surface area (Å²) in [6, 6.07) is 0.543. The van der Waals surface area contributed by atoms with E-state index in [9.17, 15) is 0 Å². The van der Waals surface area contributed by atoms with Crippen molar-refractivity contribution in [3.05, 3.63) is 0 Å². The molecule has 0 radical (unpaired) electrons. The largest absolute Gasteiger partial charge is 0.329 e. The fourth-order valence-electron chi connectivity index (χ4n) is 1.65. The third kappa shape index (κ3) is 6.68. The Balaban J connectivity index is 3.97. The molecule has 0 aromatic heterocycles. The van der Waals surface area contributed by atoms with Crippen LogP contribution in [-0.4, -0.2) is 43.1 Å². The minimum absolute atomic E-state index is 0.363. The lowest BCUT2D eigenvalue weighted by atomic mass is 9.95. The van der Waals surface area contributed by atoms with Crippen LogP contribution >= 0.6 is 11.8 Å². The molecular weight excluding hydrogens is 192 g/mol. The van der Waals surface area contributed by atoms with Crippen molar-refractivity contribution in [1.29, 1.82) is 0 Å². The highest BCUT2D eigenvalue weighted by Gasteiger charge is 2.19. The molecule has 0 fully saturated rings. The second kappa shape index (κ2) is 6.70. The van der Waals surface area contributed by atoms with Gasteiger partial charge in [0.2, 0.25) is 0 Å². The van der Waals surface area contributed by atoms with Crippen LogP contribution in [0.1, 0.15) is 27.2 Å². The van der Waals surface area contributed by atoms with E-state index in [2.05, 4.69) is 39.0 Å². The molecule has 1 unspecified atom stereocenters. The zero-order valence-electron chi connectivity index (χ0n) is 10.3. The van der Waals surface area contributed by atoms with Gasteiger partial charge in [-0.3, -0.25) is 0 Å². The number of hydrogen-bond donors (Lipinski definition) is 1. The molecule has 0 saturated carbocycles. The number of rotatable bonds is 6. The highest BCUT2D eigenvalue weighted by atomic mass is 32.2. The molecule has 0 aliphatic rings. The average molecular weight is 218 g/mol. The number of nitrogens with zero attached hydrogens (tertiary/aromatic N) is 1. The fourth-order valence-corrected chi connectivity index (χ4v) is 2.16. The maximum Gasteiger partial charge on any atom is 0.0223 e. The minimum Gasteiger partial charge on any atom is -0.329 e. The number of thioether (sulfide) groups is 1. The van der Waals surface area contributed by atoms with Gasteiger partial charge in [0.25, 0.3) is 0 Å². The number of likely N-dealkylation sites (N-methyl/N-ethyl adjacent to an activating group) is 1. The van der Waals surface area contributed by atoms with Crippen molar-refractivity contribution in [2.24, 2.45) is 11.1 Å². The summed E-state index contributed by atoms with van der Waals surface area (Å²) >= 11 is 1.90. The van der Waals surface area contributed by atoms with Crippen LogP contribution in [0.25, 0.3) is 0 Å². The van der Waals surface area contributed by atoms with Gasteiger partial charge in [0.1, 0.15) is 0 Å². The van der Waals surface area contributed by atoms with Gasteiger partial charge in [-0.2, -0.15) is 11.8 Å². The molecule has 14 heavy (non-hydrogen) atoms. The van der Waals surface area contributed by atoms with E-state index in [0.717, 1.165) is 13.1 Å². The molecule has 0 aromatic carbocycles. The molecule has 0 aliphatic heterocycles. The Morgan fingerprint density at radius 2 is 1.93 bits per heavy atom. The summed E-state index contributed by atoms with van der Waals surface area (Å²) in [5.74, 6) is 1.20. The molecule has 2 N–H and O–H groups in total. The second-order valence-electron chi connectivity index (χ2n) is 5.15. The Morgan fingerprint density at radius 1 is 1.36 bits per heavy atom. The van der Waals surface area contributed by atoms with Gasteiger partial charge >= 0.3 is 0 Å². The zero-order valence-corrected chi connectivity index (χ0v) is 11.2. The van der Waals surface area contributed by atoms with Gasteiger partial charge < -0.3 is 10.6 Å². The second-order valence-corrected chi connectivity index (χ2v) is 6.13. The summed E-state index contributed by atoms with van der Waals surface area (Å²) in [5, 5.41) is 0. The first kappa shape index (κ1) is 14.3. The Hall–Kier alpha value is 0.270. The molecule has 3 heteroatoms. The summed E-state index contributed by atoms with van der Waals surface area (Å²) in [4.78, 5) is 2.40. The van der Waals surface area contributed by atoms with Crippen LogP contribution in [0.4, 0.5) is 0 Å². The molecule has 0 aliphatic carbocycles. The maximum atomic E-state index is 5.78. The van der Waals surface area contributed by atoms with Gasteiger partial charge in [0.15, 0.2) is 0 Å².